The van der Waals surface area contributed by atoms with Crippen molar-refractivity contribution in [3.05, 3.63) is 0 Å². The summed E-state index contributed by atoms with van der Waals surface area (Å²) in [6.45, 7) is 9.08. The van der Waals surface area contributed by atoms with Crippen molar-refractivity contribution in [2.45, 2.75) is 52.6 Å². The van der Waals surface area contributed by atoms with Crippen LogP contribution in [0.3, 0.4) is 0 Å². The number of amides is 2. The molecule has 18 heavy (non-hydrogen) atoms. The fourth-order valence-corrected chi connectivity index (χ4v) is 2.26. The first kappa shape index (κ1) is 15.0. The van der Waals surface area contributed by atoms with Gasteiger partial charge in [-0.15, -0.1) is 0 Å². The Morgan fingerprint density at radius 2 is 1.78 bits per heavy atom. The van der Waals surface area contributed by atoms with Crippen molar-refractivity contribution in [3.63, 3.8) is 0 Å². The topological polar surface area (TPSA) is 70.2 Å². The van der Waals surface area contributed by atoms with E-state index in [9.17, 15) is 9.59 Å². The lowest BCUT2D eigenvalue weighted by atomic mass is 9.82. The lowest BCUT2D eigenvalue weighted by Crippen LogP contribution is -2.48. The highest BCUT2D eigenvalue weighted by Crippen LogP contribution is 2.30. The number of rotatable bonds is 5. The normalized spacial score (nSPS) is 23.4. The van der Waals surface area contributed by atoms with Gasteiger partial charge in [-0.1, -0.05) is 0 Å². The molecule has 1 rings (SSSR count). The van der Waals surface area contributed by atoms with Crippen molar-refractivity contribution in [2.75, 3.05) is 13.1 Å². The molecule has 0 aliphatic carbocycles. The van der Waals surface area contributed by atoms with Gasteiger partial charge in [0.1, 0.15) is 0 Å². The first-order chi connectivity index (χ1) is 8.35. The molecule has 1 fully saturated rings. The molecule has 0 aromatic carbocycles. The Balaban J connectivity index is 2.68. The van der Waals surface area contributed by atoms with Crippen LogP contribution >= 0.6 is 0 Å². The van der Waals surface area contributed by atoms with E-state index >= 15 is 0 Å². The van der Waals surface area contributed by atoms with E-state index in [4.69, 9.17) is 0 Å². The van der Waals surface area contributed by atoms with Crippen LogP contribution < -0.4 is 16.0 Å². The molecule has 0 aromatic heterocycles. The first-order valence-electron chi connectivity index (χ1n) is 6.67. The average molecular weight is 255 g/mol. The molecule has 0 radical (unpaired) electrons. The van der Waals surface area contributed by atoms with Crippen molar-refractivity contribution in [3.8, 4) is 0 Å². The fourth-order valence-electron chi connectivity index (χ4n) is 2.26. The SMILES string of the molecule is CC(C)NC(=O)CC1(C(=O)NC(C)C)CCNC1. The van der Waals surface area contributed by atoms with Gasteiger partial charge in [0.2, 0.25) is 11.8 Å². The predicted octanol–water partition coefficient (Wildman–Crippen LogP) is 0.405. The molecule has 0 saturated carbocycles. The lowest BCUT2D eigenvalue weighted by molar-refractivity contribution is -0.136. The standard InChI is InChI=1S/C13H25N3O2/c1-9(2)15-11(17)7-13(5-6-14-8-13)12(18)16-10(3)4/h9-10,14H,5-8H2,1-4H3,(H,15,17)(H,16,18). The summed E-state index contributed by atoms with van der Waals surface area (Å²) in [6.07, 6.45) is 0.980. The molecule has 0 bridgehead atoms. The van der Waals surface area contributed by atoms with Gasteiger partial charge in [-0.3, -0.25) is 9.59 Å². The Bertz CT molecular complexity index is 307. The minimum absolute atomic E-state index is 0.0126. The van der Waals surface area contributed by atoms with Crippen LogP contribution in [0.25, 0.3) is 0 Å². The summed E-state index contributed by atoms with van der Waals surface area (Å²) in [5, 5.41) is 8.97. The van der Waals surface area contributed by atoms with E-state index in [-0.39, 0.29) is 30.3 Å². The number of carbonyl (C=O) groups is 2. The van der Waals surface area contributed by atoms with Gasteiger partial charge < -0.3 is 16.0 Å². The summed E-state index contributed by atoms with van der Waals surface area (Å²) in [7, 11) is 0. The Morgan fingerprint density at radius 1 is 1.17 bits per heavy atom. The largest absolute Gasteiger partial charge is 0.354 e. The van der Waals surface area contributed by atoms with Crippen LogP contribution in [0.2, 0.25) is 0 Å². The van der Waals surface area contributed by atoms with E-state index in [1.807, 2.05) is 27.7 Å². The van der Waals surface area contributed by atoms with Crippen LogP contribution in [0.15, 0.2) is 0 Å². The van der Waals surface area contributed by atoms with Gasteiger partial charge in [0.05, 0.1) is 5.41 Å². The van der Waals surface area contributed by atoms with E-state index < -0.39 is 5.41 Å². The molecule has 0 spiro atoms. The van der Waals surface area contributed by atoms with Gasteiger partial charge in [-0.05, 0) is 40.7 Å². The van der Waals surface area contributed by atoms with Gasteiger partial charge >= 0.3 is 0 Å². The van der Waals surface area contributed by atoms with Crippen molar-refractivity contribution < 1.29 is 9.59 Å². The maximum Gasteiger partial charge on any atom is 0.228 e. The highest BCUT2D eigenvalue weighted by atomic mass is 16.2. The van der Waals surface area contributed by atoms with Gasteiger partial charge in [-0.25, -0.2) is 0 Å². The highest BCUT2D eigenvalue weighted by molar-refractivity contribution is 5.89. The molecule has 1 atom stereocenters. The molecule has 1 unspecified atom stereocenters. The summed E-state index contributed by atoms with van der Waals surface area (Å²) < 4.78 is 0. The minimum atomic E-state index is -0.580. The third kappa shape index (κ3) is 3.98. The number of carbonyl (C=O) groups excluding carboxylic acids is 2. The van der Waals surface area contributed by atoms with E-state index in [2.05, 4.69) is 16.0 Å². The highest BCUT2D eigenvalue weighted by Gasteiger charge is 2.43. The lowest BCUT2D eigenvalue weighted by Gasteiger charge is -2.27. The molecule has 3 N–H and O–H groups in total. The molecule has 2 amide bonds. The van der Waals surface area contributed by atoms with E-state index in [0.29, 0.717) is 6.54 Å². The van der Waals surface area contributed by atoms with Crippen molar-refractivity contribution in [2.24, 2.45) is 5.41 Å². The Kier molecular flexibility index (Phi) is 5.14. The fraction of sp³-hybridized carbons (Fsp3) is 0.846. The summed E-state index contributed by atoms with van der Waals surface area (Å²) in [4.78, 5) is 24.2. The molecule has 104 valence electrons. The third-order valence-electron chi connectivity index (χ3n) is 3.09. The second-order valence-electron chi connectivity index (χ2n) is 5.73. The van der Waals surface area contributed by atoms with Gasteiger partial charge in [-0.2, -0.15) is 0 Å². The molecule has 1 aliphatic rings. The zero-order chi connectivity index (χ0) is 13.8. The number of hydrogen-bond acceptors (Lipinski definition) is 3. The smallest absolute Gasteiger partial charge is 0.228 e. The Morgan fingerprint density at radius 3 is 2.22 bits per heavy atom. The maximum atomic E-state index is 12.3. The molecule has 0 aromatic rings. The molecular formula is C13H25N3O2. The van der Waals surface area contributed by atoms with Crippen LogP contribution in [0.1, 0.15) is 40.5 Å². The quantitative estimate of drug-likeness (QED) is 0.666. The van der Waals surface area contributed by atoms with E-state index in [0.717, 1.165) is 13.0 Å². The number of nitrogens with one attached hydrogen (secondary N) is 3. The zero-order valence-electron chi connectivity index (χ0n) is 11.8. The molecule has 1 saturated heterocycles. The molecule has 1 heterocycles. The maximum absolute atomic E-state index is 12.3. The Hall–Kier alpha value is -1.10. The monoisotopic (exact) mass is 255 g/mol. The molecule has 5 nitrogen and oxygen atoms in total. The van der Waals surface area contributed by atoms with Gasteiger partial charge in [0.15, 0.2) is 0 Å². The Labute approximate surface area is 109 Å². The van der Waals surface area contributed by atoms with Crippen molar-refractivity contribution in [1.29, 1.82) is 0 Å². The molecule has 5 heteroatoms. The summed E-state index contributed by atoms with van der Waals surface area (Å²) in [6, 6.07) is 0.209. The summed E-state index contributed by atoms with van der Waals surface area (Å²) in [5.74, 6) is -0.0611. The third-order valence-corrected chi connectivity index (χ3v) is 3.09. The first-order valence-corrected chi connectivity index (χ1v) is 6.67. The van der Waals surface area contributed by atoms with Crippen LogP contribution in [-0.2, 0) is 9.59 Å². The molecule has 1 aliphatic heterocycles. The predicted molar refractivity (Wildman–Crippen MR) is 71.1 cm³/mol. The average Bonchev–Trinajstić information content (AvgIpc) is 2.64. The van der Waals surface area contributed by atoms with E-state index in [1.165, 1.54) is 0 Å². The van der Waals surface area contributed by atoms with E-state index in [1.54, 1.807) is 0 Å². The van der Waals surface area contributed by atoms with Crippen LogP contribution in [-0.4, -0.2) is 37.0 Å². The van der Waals surface area contributed by atoms with Gasteiger partial charge in [0.25, 0.3) is 0 Å². The summed E-state index contributed by atoms with van der Waals surface area (Å²) in [5.41, 5.74) is -0.580. The minimum Gasteiger partial charge on any atom is -0.354 e. The zero-order valence-corrected chi connectivity index (χ0v) is 11.8. The van der Waals surface area contributed by atoms with Crippen LogP contribution in [0.5, 0.6) is 0 Å². The van der Waals surface area contributed by atoms with Crippen LogP contribution in [0.4, 0.5) is 0 Å². The van der Waals surface area contributed by atoms with Crippen LogP contribution in [0, 0.1) is 5.41 Å². The number of hydrogen-bond donors (Lipinski definition) is 3. The summed E-state index contributed by atoms with van der Waals surface area (Å²) >= 11 is 0. The van der Waals surface area contributed by atoms with Crippen molar-refractivity contribution >= 4 is 11.8 Å². The molecular weight excluding hydrogens is 230 g/mol. The second kappa shape index (κ2) is 6.18. The second-order valence-corrected chi connectivity index (χ2v) is 5.73. The van der Waals surface area contributed by atoms with Gasteiger partial charge in [0, 0.05) is 25.0 Å². The van der Waals surface area contributed by atoms with Crippen molar-refractivity contribution in [1.82, 2.24) is 16.0 Å².